The van der Waals surface area contributed by atoms with Gasteiger partial charge in [-0.3, -0.25) is 4.79 Å². The minimum Gasteiger partial charge on any atom is -0.545 e. The molecule has 0 spiro atoms. The van der Waals surface area contributed by atoms with Gasteiger partial charge in [-0.15, -0.1) is 0 Å². The van der Waals surface area contributed by atoms with Crippen LogP contribution in [-0.4, -0.2) is 16.9 Å². The van der Waals surface area contributed by atoms with Crippen molar-refractivity contribution in [2.24, 2.45) is 0 Å². The van der Waals surface area contributed by atoms with E-state index < -0.39 is 17.7 Å². The van der Waals surface area contributed by atoms with Gasteiger partial charge in [0, 0.05) is 21.0 Å². The second kappa shape index (κ2) is 9.92. The average molecular weight is 501 g/mol. The van der Waals surface area contributed by atoms with Gasteiger partial charge in [0.05, 0.1) is 28.4 Å². The van der Waals surface area contributed by atoms with Gasteiger partial charge in [0.15, 0.2) is 0 Å². The number of fused-ring (bicyclic) bond motifs is 1. The molecule has 0 fully saturated rings. The summed E-state index contributed by atoms with van der Waals surface area (Å²) >= 11 is 3.42. The van der Waals surface area contributed by atoms with Gasteiger partial charge in [-0.2, -0.15) is 0 Å². The Hall–Kier alpha value is -2.58. The van der Waals surface area contributed by atoms with E-state index in [1.54, 1.807) is 19.1 Å². The van der Waals surface area contributed by atoms with E-state index in [1.165, 1.54) is 12.1 Å². The predicted octanol–water partition coefficient (Wildman–Crippen LogP) is 1.73. The zero-order valence-electron chi connectivity index (χ0n) is 17.3. The van der Waals surface area contributed by atoms with Crippen LogP contribution in [0.5, 0.6) is 0 Å². The van der Waals surface area contributed by atoms with Crippen LogP contribution >= 0.6 is 15.9 Å². The molecule has 0 unspecified atom stereocenters. The molecule has 4 aromatic rings. The Balaban J connectivity index is 0.00000289. The van der Waals surface area contributed by atoms with Gasteiger partial charge in [0.2, 0.25) is 0 Å². The molecule has 1 N–H and O–H groups in total. The molecular formula is C24H15BrFN2NaO3. The zero-order chi connectivity index (χ0) is 22.1. The first-order valence-corrected chi connectivity index (χ1v) is 10.1. The van der Waals surface area contributed by atoms with Crippen LogP contribution in [0.4, 0.5) is 10.1 Å². The molecule has 0 radical (unpaired) electrons. The van der Waals surface area contributed by atoms with Crippen molar-refractivity contribution in [2.45, 2.75) is 6.92 Å². The Morgan fingerprint density at radius 2 is 1.75 bits per heavy atom. The number of carbonyl (C=O) groups excluding carboxylic acids is 2. The molecule has 0 bridgehead atoms. The molecule has 0 aliphatic rings. The van der Waals surface area contributed by atoms with E-state index in [0.717, 1.165) is 16.1 Å². The van der Waals surface area contributed by atoms with Crippen molar-refractivity contribution in [3.05, 3.63) is 93.7 Å². The molecule has 4 rings (SSSR count). The van der Waals surface area contributed by atoms with Crippen LogP contribution in [0.25, 0.3) is 22.2 Å². The number of aromatic carboxylic acids is 1. The molecule has 1 amide bonds. The maximum atomic E-state index is 14.4. The van der Waals surface area contributed by atoms with Crippen molar-refractivity contribution in [1.82, 2.24) is 4.98 Å². The molecule has 0 saturated carbocycles. The molecule has 5 nitrogen and oxygen atoms in total. The van der Waals surface area contributed by atoms with Crippen LogP contribution in [0.2, 0.25) is 0 Å². The number of benzene rings is 3. The fourth-order valence-electron chi connectivity index (χ4n) is 3.43. The van der Waals surface area contributed by atoms with Gasteiger partial charge < -0.3 is 15.2 Å². The SMILES string of the molecule is Cc1c(-c2ccccc2)nc2ccc(Br)cc2c1C(=O)Nc1ccc(C(=O)[O-])cc1F.[Na+]. The molecule has 8 heteroatoms. The van der Waals surface area contributed by atoms with E-state index in [1.807, 2.05) is 36.4 Å². The second-order valence-electron chi connectivity index (χ2n) is 6.92. The summed E-state index contributed by atoms with van der Waals surface area (Å²) in [6.45, 7) is 1.79. The number of carbonyl (C=O) groups is 2. The van der Waals surface area contributed by atoms with Crippen LogP contribution in [0, 0.1) is 12.7 Å². The summed E-state index contributed by atoms with van der Waals surface area (Å²) in [6, 6.07) is 18.1. The zero-order valence-corrected chi connectivity index (χ0v) is 20.9. The van der Waals surface area contributed by atoms with Gasteiger partial charge >= 0.3 is 29.6 Å². The molecule has 0 aliphatic carbocycles. The fourth-order valence-corrected chi connectivity index (χ4v) is 3.79. The minimum absolute atomic E-state index is 0. The second-order valence-corrected chi connectivity index (χ2v) is 7.84. The maximum Gasteiger partial charge on any atom is 1.00 e. The Kier molecular flexibility index (Phi) is 7.46. The predicted molar refractivity (Wildman–Crippen MR) is 118 cm³/mol. The Bertz CT molecular complexity index is 1350. The molecule has 0 aliphatic heterocycles. The number of anilines is 1. The average Bonchev–Trinajstić information content (AvgIpc) is 2.75. The van der Waals surface area contributed by atoms with E-state index in [2.05, 4.69) is 21.2 Å². The number of carboxylic acids is 1. The van der Waals surface area contributed by atoms with Crippen molar-refractivity contribution in [3.63, 3.8) is 0 Å². The molecule has 0 saturated heterocycles. The van der Waals surface area contributed by atoms with Crippen molar-refractivity contribution < 1.29 is 48.6 Å². The Labute approximate surface area is 214 Å². The van der Waals surface area contributed by atoms with Crippen LogP contribution in [0.3, 0.4) is 0 Å². The number of hydrogen-bond donors (Lipinski definition) is 1. The van der Waals surface area contributed by atoms with E-state index in [9.17, 15) is 19.1 Å². The monoisotopic (exact) mass is 500 g/mol. The summed E-state index contributed by atoms with van der Waals surface area (Å²) in [6.07, 6.45) is 0. The maximum absolute atomic E-state index is 14.4. The number of rotatable bonds is 4. The van der Waals surface area contributed by atoms with E-state index in [4.69, 9.17) is 4.98 Å². The standard InChI is InChI=1S/C24H16BrFN2O3.Na/c1-13-21(23(29)28-20-9-7-15(24(30)31)11-18(20)26)17-12-16(25)8-10-19(17)27-22(13)14-5-3-2-4-6-14;/h2-12H,1H3,(H,28,29)(H,30,31);/q;+1/p-1. The summed E-state index contributed by atoms with van der Waals surface area (Å²) in [4.78, 5) is 28.9. The number of amides is 1. The van der Waals surface area contributed by atoms with Crippen LogP contribution < -0.4 is 40.0 Å². The Morgan fingerprint density at radius 3 is 2.41 bits per heavy atom. The number of halogens is 2. The van der Waals surface area contributed by atoms with Gasteiger partial charge in [0.25, 0.3) is 5.91 Å². The van der Waals surface area contributed by atoms with E-state index in [0.29, 0.717) is 27.7 Å². The topological polar surface area (TPSA) is 82.1 Å². The number of hydrogen-bond acceptors (Lipinski definition) is 4. The molecule has 1 aromatic heterocycles. The van der Waals surface area contributed by atoms with Crippen molar-refractivity contribution in [2.75, 3.05) is 5.32 Å². The van der Waals surface area contributed by atoms with Gasteiger partial charge in [0.1, 0.15) is 5.82 Å². The molecule has 0 atom stereocenters. The third-order valence-corrected chi connectivity index (χ3v) is 5.41. The summed E-state index contributed by atoms with van der Waals surface area (Å²) in [7, 11) is 0. The van der Waals surface area contributed by atoms with Gasteiger partial charge in [-0.25, -0.2) is 9.37 Å². The quantitative estimate of drug-likeness (QED) is 0.432. The van der Waals surface area contributed by atoms with Gasteiger partial charge in [-0.1, -0.05) is 52.3 Å². The van der Waals surface area contributed by atoms with E-state index >= 15 is 0 Å². The minimum atomic E-state index is -1.50. The van der Waals surface area contributed by atoms with Crippen molar-refractivity contribution in [3.8, 4) is 11.3 Å². The number of pyridine rings is 1. The molecule has 32 heavy (non-hydrogen) atoms. The summed E-state index contributed by atoms with van der Waals surface area (Å²) in [5, 5.41) is 14.1. The van der Waals surface area contributed by atoms with Crippen molar-refractivity contribution >= 4 is 44.4 Å². The first-order valence-electron chi connectivity index (χ1n) is 9.32. The summed E-state index contributed by atoms with van der Waals surface area (Å²) in [5.74, 6) is -2.89. The normalized spacial score (nSPS) is 10.5. The Morgan fingerprint density at radius 1 is 1.03 bits per heavy atom. The largest absolute Gasteiger partial charge is 1.00 e. The summed E-state index contributed by atoms with van der Waals surface area (Å²) in [5.41, 5.74) is 2.67. The first-order chi connectivity index (χ1) is 14.8. The number of nitrogens with one attached hydrogen (secondary N) is 1. The first kappa shape index (κ1) is 24.1. The number of carboxylic acid groups (broad SMARTS) is 1. The molecule has 1 heterocycles. The fraction of sp³-hybridized carbons (Fsp3) is 0.0417. The molecule has 154 valence electrons. The number of nitrogens with zero attached hydrogens (tertiary/aromatic N) is 1. The third kappa shape index (κ3) is 4.76. The summed E-state index contributed by atoms with van der Waals surface area (Å²) < 4.78 is 15.2. The number of aromatic nitrogens is 1. The van der Waals surface area contributed by atoms with Crippen LogP contribution in [0.15, 0.2) is 71.2 Å². The van der Waals surface area contributed by atoms with E-state index in [-0.39, 0.29) is 40.8 Å². The molecular weight excluding hydrogens is 486 g/mol. The van der Waals surface area contributed by atoms with Gasteiger partial charge in [-0.05, 0) is 42.8 Å². The third-order valence-electron chi connectivity index (χ3n) is 4.92. The smallest absolute Gasteiger partial charge is 0.545 e. The van der Waals surface area contributed by atoms with Crippen LogP contribution in [-0.2, 0) is 0 Å². The van der Waals surface area contributed by atoms with Crippen molar-refractivity contribution in [1.29, 1.82) is 0 Å². The molecule has 3 aromatic carbocycles. The van der Waals surface area contributed by atoms with Crippen LogP contribution in [0.1, 0.15) is 26.3 Å².